The van der Waals surface area contributed by atoms with E-state index in [0.717, 1.165) is 42.5 Å². The molecule has 7 aromatic rings. The average molecular weight is 843 g/mol. The molecule has 0 atom stereocenters. The molecule has 0 aliphatic rings. The number of carbonyl (C=O) groups is 7. The van der Waals surface area contributed by atoms with Gasteiger partial charge in [0.2, 0.25) is 0 Å². The Kier molecular flexibility index (Phi) is 12.8. The summed E-state index contributed by atoms with van der Waals surface area (Å²) in [5.74, 6) is -8.49. The molecule has 0 saturated heterocycles. The maximum Gasteiger partial charge on any atom is 0.343 e. The zero-order valence-corrected chi connectivity index (χ0v) is 32.5. The van der Waals surface area contributed by atoms with Crippen LogP contribution in [0.15, 0.2) is 176 Å². The number of carboxylic acid groups (broad SMARTS) is 1. The number of hydrogen-bond donors (Lipinski definition) is 1. The van der Waals surface area contributed by atoms with Crippen molar-refractivity contribution >= 4 is 41.8 Å². The Labute approximate surface area is 357 Å². The monoisotopic (exact) mass is 842 g/mol. The van der Waals surface area contributed by atoms with E-state index in [2.05, 4.69) is 0 Å². The van der Waals surface area contributed by atoms with Gasteiger partial charge < -0.3 is 33.5 Å². The fourth-order valence-electron chi connectivity index (χ4n) is 5.72. The molecule has 0 aromatic heterocycles. The van der Waals surface area contributed by atoms with Crippen LogP contribution in [-0.2, 0) is 0 Å². The maximum atomic E-state index is 13.7. The van der Waals surface area contributed by atoms with Crippen molar-refractivity contribution < 1.29 is 67.1 Å². The van der Waals surface area contributed by atoms with Gasteiger partial charge in [0.25, 0.3) is 0 Å². The summed E-state index contributed by atoms with van der Waals surface area (Å²) in [6, 6.07) is 41.9. The van der Waals surface area contributed by atoms with Crippen LogP contribution in [-0.4, -0.2) is 46.9 Å². The van der Waals surface area contributed by atoms with Crippen molar-refractivity contribution in [1.82, 2.24) is 0 Å². The fourth-order valence-corrected chi connectivity index (χ4v) is 5.72. The van der Waals surface area contributed by atoms with Crippen molar-refractivity contribution in [2.45, 2.75) is 0 Å². The largest absolute Gasteiger partial charge is 0.478 e. The van der Waals surface area contributed by atoms with E-state index in [4.69, 9.17) is 28.4 Å². The average Bonchev–Trinajstić information content (AvgIpc) is 3.29. The number of benzene rings is 7. The van der Waals surface area contributed by atoms with E-state index in [1.54, 1.807) is 72.8 Å². The second-order valence-corrected chi connectivity index (χ2v) is 13.2. The second-order valence-electron chi connectivity index (χ2n) is 13.2. The number of aromatic carboxylic acids is 1. The standard InChI is InChI=1S/C49H30O14/c50-43(51)34-21-37(62-48(56)35-23-39(58-44(52)30-13-5-1-6-14-30)28-40(24-35)59-45(53)31-15-7-2-8-16-31)27-38(22-34)63-49(57)36-25-41(60-46(54)32-17-9-3-10-18-32)29-42(26-36)61-47(55)33-19-11-4-12-20-33/h1-29H,(H,50,51). The van der Waals surface area contributed by atoms with E-state index in [1.807, 2.05) is 0 Å². The molecule has 0 unspecified atom stereocenters. The van der Waals surface area contributed by atoms with Gasteiger partial charge in [-0.05, 0) is 84.9 Å². The molecule has 14 nitrogen and oxygen atoms in total. The highest BCUT2D eigenvalue weighted by molar-refractivity contribution is 5.98. The number of esters is 6. The Hall–Kier alpha value is -9.17. The predicted octanol–water partition coefficient (Wildman–Crippen LogP) is 8.70. The lowest BCUT2D eigenvalue weighted by atomic mass is 10.1. The molecule has 310 valence electrons. The quantitative estimate of drug-likeness (QED) is 0.0855. The maximum absolute atomic E-state index is 13.7. The van der Waals surface area contributed by atoms with Crippen molar-refractivity contribution in [2.24, 2.45) is 0 Å². The highest BCUT2D eigenvalue weighted by Crippen LogP contribution is 2.30. The van der Waals surface area contributed by atoms with Gasteiger partial charge in [0.1, 0.15) is 34.5 Å². The highest BCUT2D eigenvalue weighted by Gasteiger charge is 2.22. The molecule has 0 heterocycles. The van der Waals surface area contributed by atoms with Crippen LogP contribution in [0.1, 0.15) is 72.5 Å². The number of rotatable bonds is 13. The highest BCUT2D eigenvalue weighted by atomic mass is 16.6. The lowest BCUT2D eigenvalue weighted by Crippen LogP contribution is -2.14. The van der Waals surface area contributed by atoms with Gasteiger partial charge >= 0.3 is 41.8 Å². The number of hydrogen-bond acceptors (Lipinski definition) is 13. The van der Waals surface area contributed by atoms with Gasteiger partial charge in [-0.1, -0.05) is 72.8 Å². The molecular weight excluding hydrogens is 813 g/mol. The first kappa shape index (κ1) is 42.0. The summed E-state index contributed by atoms with van der Waals surface area (Å²) in [5, 5.41) is 9.92. The van der Waals surface area contributed by atoms with Crippen LogP contribution >= 0.6 is 0 Å². The van der Waals surface area contributed by atoms with Crippen molar-refractivity contribution in [1.29, 1.82) is 0 Å². The summed E-state index contributed by atoms with van der Waals surface area (Å²) in [6.45, 7) is 0. The van der Waals surface area contributed by atoms with Crippen molar-refractivity contribution in [3.05, 3.63) is 215 Å². The molecule has 0 aliphatic carbocycles. The minimum absolute atomic E-state index is 0.185. The first-order chi connectivity index (χ1) is 30.5. The van der Waals surface area contributed by atoms with Crippen LogP contribution < -0.4 is 28.4 Å². The minimum Gasteiger partial charge on any atom is -0.478 e. The SMILES string of the molecule is O=C(O)c1cc(OC(=O)c2cc(OC(=O)c3ccccc3)cc(OC(=O)c3ccccc3)c2)cc(OC(=O)c2cc(OC(=O)c3ccccc3)cc(OC(=O)c3ccccc3)c2)c1. The Morgan fingerprint density at radius 2 is 0.444 bits per heavy atom. The molecule has 0 aliphatic heterocycles. The van der Waals surface area contributed by atoms with Crippen LogP contribution in [0.4, 0.5) is 0 Å². The van der Waals surface area contributed by atoms with Gasteiger partial charge in [-0.3, -0.25) is 0 Å². The fraction of sp³-hybridized carbons (Fsp3) is 0. The van der Waals surface area contributed by atoms with Gasteiger partial charge in [0.15, 0.2) is 0 Å². The van der Waals surface area contributed by atoms with E-state index in [0.29, 0.717) is 0 Å². The summed E-state index contributed by atoms with van der Waals surface area (Å²) in [4.78, 5) is 91.3. The minimum atomic E-state index is -1.49. The number of ether oxygens (including phenoxy) is 6. The summed E-state index contributed by atoms with van der Waals surface area (Å²) >= 11 is 0. The van der Waals surface area contributed by atoms with Crippen LogP contribution in [0.25, 0.3) is 0 Å². The van der Waals surface area contributed by atoms with Gasteiger partial charge in [-0.15, -0.1) is 0 Å². The summed E-state index contributed by atoms with van der Waals surface area (Å²) in [7, 11) is 0. The van der Waals surface area contributed by atoms with Crippen LogP contribution in [0.5, 0.6) is 34.5 Å². The van der Waals surface area contributed by atoms with Crippen molar-refractivity contribution in [3.63, 3.8) is 0 Å². The van der Waals surface area contributed by atoms with E-state index in [-0.39, 0.29) is 56.4 Å². The van der Waals surface area contributed by atoms with E-state index >= 15 is 0 Å². The number of carboxylic acids is 1. The Bertz CT molecular complexity index is 2530. The van der Waals surface area contributed by atoms with Crippen LogP contribution in [0.2, 0.25) is 0 Å². The predicted molar refractivity (Wildman–Crippen MR) is 222 cm³/mol. The summed E-state index contributed by atoms with van der Waals surface area (Å²) in [6.07, 6.45) is 0. The molecule has 0 fully saturated rings. The molecule has 7 rings (SSSR count). The topological polar surface area (TPSA) is 195 Å². The molecular formula is C49H30O14. The lowest BCUT2D eigenvalue weighted by molar-refractivity contribution is 0.0679. The Morgan fingerprint density at radius 1 is 0.254 bits per heavy atom. The number of carbonyl (C=O) groups excluding carboxylic acids is 6. The summed E-state index contributed by atoms with van der Waals surface area (Å²) < 4.78 is 33.1. The lowest BCUT2D eigenvalue weighted by Gasteiger charge is -2.13. The molecule has 0 saturated carbocycles. The van der Waals surface area contributed by atoms with E-state index in [9.17, 15) is 38.7 Å². The smallest absolute Gasteiger partial charge is 0.343 e. The van der Waals surface area contributed by atoms with Crippen molar-refractivity contribution in [2.75, 3.05) is 0 Å². The molecule has 63 heavy (non-hydrogen) atoms. The normalized spacial score (nSPS) is 10.4. The Morgan fingerprint density at radius 3 is 0.651 bits per heavy atom. The molecule has 0 radical (unpaired) electrons. The molecule has 0 amide bonds. The van der Waals surface area contributed by atoms with E-state index in [1.165, 1.54) is 60.7 Å². The van der Waals surface area contributed by atoms with Crippen LogP contribution in [0.3, 0.4) is 0 Å². The summed E-state index contributed by atoms with van der Waals surface area (Å²) in [5.41, 5.74) is -0.300. The zero-order chi connectivity index (χ0) is 44.3. The third-order valence-electron chi connectivity index (χ3n) is 8.66. The first-order valence-electron chi connectivity index (χ1n) is 18.7. The zero-order valence-electron chi connectivity index (χ0n) is 32.5. The molecule has 7 aromatic carbocycles. The Balaban J connectivity index is 1.16. The third kappa shape index (κ3) is 11.1. The van der Waals surface area contributed by atoms with Gasteiger partial charge in [0.05, 0.1) is 38.9 Å². The van der Waals surface area contributed by atoms with Gasteiger partial charge in [-0.25, -0.2) is 33.6 Å². The van der Waals surface area contributed by atoms with Crippen LogP contribution in [0, 0.1) is 0 Å². The second kappa shape index (κ2) is 19.3. The molecule has 1 N–H and O–H groups in total. The van der Waals surface area contributed by atoms with Gasteiger partial charge in [-0.2, -0.15) is 0 Å². The van der Waals surface area contributed by atoms with Crippen molar-refractivity contribution in [3.8, 4) is 34.5 Å². The molecule has 14 heteroatoms. The first-order valence-corrected chi connectivity index (χ1v) is 18.7. The van der Waals surface area contributed by atoms with E-state index < -0.39 is 58.8 Å². The van der Waals surface area contributed by atoms with Gasteiger partial charge in [0, 0.05) is 18.2 Å². The molecule has 0 bridgehead atoms. The third-order valence-corrected chi connectivity index (χ3v) is 8.66. The molecule has 0 spiro atoms.